The third kappa shape index (κ3) is 4.13. The highest BCUT2D eigenvalue weighted by molar-refractivity contribution is 5.74. The number of rotatable bonds is 3. The van der Waals surface area contributed by atoms with Gasteiger partial charge in [-0.2, -0.15) is 0 Å². The molecular formula is C17H27N3O. The van der Waals surface area contributed by atoms with Gasteiger partial charge in [0.2, 0.25) is 0 Å². The molecule has 1 N–H and O–H groups in total. The Labute approximate surface area is 128 Å². The highest BCUT2D eigenvalue weighted by Crippen LogP contribution is 2.22. The molecule has 1 aliphatic heterocycles. The van der Waals surface area contributed by atoms with Crippen LogP contribution in [0.5, 0.6) is 0 Å². The van der Waals surface area contributed by atoms with Gasteiger partial charge in [-0.05, 0) is 51.3 Å². The standard InChI is InChI=1S/C17H27N3O/c1-13(2)18-17(21)19(4)15-8-10-20(11-9-15)16-7-5-6-14(3)12-16/h5-7,12-13,15H,8-11H2,1-4H3,(H,18,21). The van der Waals surface area contributed by atoms with Crippen molar-refractivity contribution in [3.8, 4) is 0 Å². The van der Waals surface area contributed by atoms with Gasteiger partial charge in [0.1, 0.15) is 0 Å². The van der Waals surface area contributed by atoms with Crippen LogP contribution in [-0.4, -0.2) is 43.2 Å². The van der Waals surface area contributed by atoms with E-state index in [1.807, 2.05) is 25.8 Å². The molecule has 1 saturated heterocycles. The van der Waals surface area contributed by atoms with E-state index in [2.05, 4.69) is 41.4 Å². The number of carbonyl (C=O) groups excluding carboxylic acids is 1. The van der Waals surface area contributed by atoms with Gasteiger partial charge in [-0.3, -0.25) is 0 Å². The van der Waals surface area contributed by atoms with Crippen LogP contribution in [-0.2, 0) is 0 Å². The summed E-state index contributed by atoms with van der Waals surface area (Å²) in [6.45, 7) is 8.12. The average Bonchev–Trinajstić information content (AvgIpc) is 2.46. The molecular weight excluding hydrogens is 262 g/mol. The van der Waals surface area contributed by atoms with Crippen molar-refractivity contribution < 1.29 is 4.79 Å². The summed E-state index contributed by atoms with van der Waals surface area (Å²) in [4.78, 5) is 16.3. The van der Waals surface area contributed by atoms with Crippen LogP contribution in [0.1, 0.15) is 32.3 Å². The van der Waals surface area contributed by atoms with Crippen molar-refractivity contribution >= 4 is 11.7 Å². The van der Waals surface area contributed by atoms with Gasteiger partial charge < -0.3 is 15.1 Å². The molecule has 0 radical (unpaired) electrons. The monoisotopic (exact) mass is 289 g/mol. The zero-order valence-corrected chi connectivity index (χ0v) is 13.6. The Morgan fingerprint density at radius 1 is 1.33 bits per heavy atom. The third-order valence-corrected chi connectivity index (χ3v) is 4.11. The quantitative estimate of drug-likeness (QED) is 0.928. The normalized spacial score (nSPS) is 16.1. The smallest absolute Gasteiger partial charge is 0.317 e. The fourth-order valence-electron chi connectivity index (χ4n) is 2.85. The summed E-state index contributed by atoms with van der Waals surface area (Å²) in [5.74, 6) is 0. The first-order chi connectivity index (χ1) is 9.97. The summed E-state index contributed by atoms with van der Waals surface area (Å²) in [5, 5.41) is 2.96. The summed E-state index contributed by atoms with van der Waals surface area (Å²) < 4.78 is 0. The topological polar surface area (TPSA) is 35.6 Å². The number of piperidine rings is 1. The first-order valence-electron chi connectivity index (χ1n) is 7.82. The summed E-state index contributed by atoms with van der Waals surface area (Å²) in [7, 11) is 1.91. The number of carbonyl (C=O) groups is 1. The van der Waals surface area contributed by atoms with Gasteiger partial charge in [0.25, 0.3) is 0 Å². The predicted molar refractivity (Wildman–Crippen MR) is 87.8 cm³/mol. The molecule has 0 aromatic heterocycles. The fourth-order valence-corrected chi connectivity index (χ4v) is 2.85. The van der Waals surface area contributed by atoms with E-state index in [4.69, 9.17) is 0 Å². The van der Waals surface area contributed by atoms with Crippen LogP contribution >= 0.6 is 0 Å². The van der Waals surface area contributed by atoms with E-state index >= 15 is 0 Å². The fraction of sp³-hybridized carbons (Fsp3) is 0.588. The van der Waals surface area contributed by atoms with Crippen LogP contribution in [0.15, 0.2) is 24.3 Å². The van der Waals surface area contributed by atoms with E-state index in [0.717, 1.165) is 25.9 Å². The molecule has 0 saturated carbocycles. The van der Waals surface area contributed by atoms with Gasteiger partial charge in [0.05, 0.1) is 0 Å². The van der Waals surface area contributed by atoms with Crippen LogP contribution in [0.2, 0.25) is 0 Å². The van der Waals surface area contributed by atoms with Gasteiger partial charge in [-0.1, -0.05) is 12.1 Å². The molecule has 0 atom stereocenters. The Balaban J connectivity index is 1.89. The zero-order chi connectivity index (χ0) is 15.4. The van der Waals surface area contributed by atoms with Crippen molar-refractivity contribution in [1.29, 1.82) is 0 Å². The van der Waals surface area contributed by atoms with Gasteiger partial charge >= 0.3 is 6.03 Å². The molecule has 1 aromatic carbocycles. The minimum absolute atomic E-state index is 0.0407. The lowest BCUT2D eigenvalue weighted by Crippen LogP contribution is -2.50. The van der Waals surface area contributed by atoms with Gasteiger partial charge in [-0.25, -0.2) is 4.79 Å². The summed E-state index contributed by atoms with van der Waals surface area (Å²) >= 11 is 0. The van der Waals surface area contributed by atoms with E-state index in [9.17, 15) is 4.79 Å². The first-order valence-corrected chi connectivity index (χ1v) is 7.82. The molecule has 2 amide bonds. The maximum absolute atomic E-state index is 12.1. The van der Waals surface area contributed by atoms with Crippen LogP contribution < -0.4 is 10.2 Å². The highest BCUT2D eigenvalue weighted by atomic mass is 16.2. The van der Waals surface area contributed by atoms with Crippen LogP contribution in [0.4, 0.5) is 10.5 Å². The lowest BCUT2D eigenvalue weighted by Gasteiger charge is -2.38. The van der Waals surface area contributed by atoms with Crippen molar-refractivity contribution in [1.82, 2.24) is 10.2 Å². The highest BCUT2D eigenvalue weighted by Gasteiger charge is 2.25. The number of hydrogen-bond donors (Lipinski definition) is 1. The molecule has 4 heteroatoms. The van der Waals surface area contributed by atoms with Crippen LogP contribution in [0.25, 0.3) is 0 Å². The SMILES string of the molecule is Cc1cccc(N2CCC(N(C)C(=O)NC(C)C)CC2)c1. The number of nitrogens with one attached hydrogen (secondary N) is 1. The molecule has 116 valence electrons. The minimum atomic E-state index is 0.0407. The summed E-state index contributed by atoms with van der Waals surface area (Å²) in [5.41, 5.74) is 2.59. The van der Waals surface area contributed by atoms with Gasteiger partial charge in [-0.15, -0.1) is 0 Å². The molecule has 1 fully saturated rings. The molecule has 1 heterocycles. The minimum Gasteiger partial charge on any atom is -0.371 e. The Morgan fingerprint density at radius 2 is 2.00 bits per heavy atom. The molecule has 2 rings (SSSR count). The number of hydrogen-bond acceptors (Lipinski definition) is 2. The van der Waals surface area contributed by atoms with Crippen molar-refractivity contribution in [3.63, 3.8) is 0 Å². The largest absolute Gasteiger partial charge is 0.371 e. The molecule has 1 aliphatic rings. The number of amides is 2. The second kappa shape index (κ2) is 6.83. The van der Waals surface area contributed by atoms with Crippen molar-refractivity contribution in [2.24, 2.45) is 0 Å². The predicted octanol–water partition coefficient (Wildman–Crippen LogP) is 3.01. The summed E-state index contributed by atoms with van der Waals surface area (Å²) in [6.07, 6.45) is 2.05. The summed E-state index contributed by atoms with van der Waals surface area (Å²) in [6, 6.07) is 9.20. The molecule has 1 aromatic rings. The maximum Gasteiger partial charge on any atom is 0.317 e. The zero-order valence-electron chi connectivity index (χ0n) is 13.6. The van der Waals surface area contributed by atoms with E-state index in [0.29, 0.717) is 6.04 Å². The lowest BCUT2D eigenvalue weighted by molar-refractivity contribution is 0.177. The van der Waals surface area contributed by atoms with E-state index in [1.165, 1.54) is 11.3 Å². The molecule has 0 aliphatic carbocycles. The van der Waals surface area contributed by atoms with Gasteiger partial charge in [0, 0.05) is 37.9 Å². The Kier molecular flexibility index (Phi) is 5.10. The number of nitrogens with zero attached hydrogens (tertiary/aromatic N) is 2. The van der Waals surface area contributed by atoms with Crippen molar-refractivity contribution in [3.05, 3.63) is 29.8 Å². The van der Waals surface area contributed by atoms with Crippen molar-refractivity contribution in [2.75, 3.05) is 25.0 Å². The third-order valence-electron chi connectivity index (χ3n) is 4.11. The second-order valence-electron chi connectivity index (χ2n) is 6.27. The molecule has 0 bridgehead atoms. The van der Waals surface area contributed by atoms with Crippen molar-refractivity contribution in [2.45, 2.75) is 45.7 Å². The van der Waals surface area contributed by atoms with E-state index < -0.39 is 0 Å². The number of aryl methyl sites for hydroxylation is 1. The number of anilines is 1. The number of benzene rings is 1. The first kappa shape index (κ1) is 15.7. The Morgan fingerprint density at radius 3 is 2.57 bits per heavy atom. The molecule has 21 heavy (non-hydrogen) atoms. The maximum atomic E-state index is 12.1. The Hall–Kier alpha value is -1.71. The lowest BCUT2D eigenvalue weighted by atomic mass is 10.0. The van der Waals surface area contributed by atoms with E-state index in [-0.39, 0.29) is 12.1 Å². The number of urea groups is 1. The Bertz CT molecular complexity index is 479. The second-order valence-corrected chi connectivity index (χ2v) is 6.27. The van der Waals surface area contributed by atoms with Crippen LogP contribution in [0, 0.1) is 6.92 Å². The van der Waals surface area contributed by atoms with Crippen LogP contribution in [0.3, 0.4) is 0 Å². The molecule has 4 nitrogen and oxygen atoms in total. The van der Waals surface area contributed by atoms with Gasteiger partial charge in [0.15, 0.2) is 0 Å². The molecule has 0 unspecified atom stereocenters. The average molecular weight is 289 g/mol. The van der Waals surface area contributed by atoms with E-state index in [1.54, 1.807) is 0 Å². The molecule has 0 spiro atoms.